The molecule has 0 spiro atoms. The molecule has 0 radical (unpaired) electrons. The van der Waals surface area contributed by atoms with Gasteiger partial charge in [-0.2, -0.15) is 0 Å². The topological polar surface area (TPSA) is 52.8 Å². The summed E-state index contributed by atoms with van der Waals surface area (Å²) in [7, 11) is 0. The molecule has 0 saturated carbocycles. The Morgan fingerprint density at radius 1 is 0.741 bits per heavy atom. The van der Waals surface area contributed by atoms with Crippen LogP contribution in [-0.2, 0) is 6.61 Å². The van der Waals surface area contributed by atoms with E-state index in [0.717, 1.165) is 11.1 Å². The molecule has 0 amide bonds. The van der Waals surface area contributed by atoms with E-state index in [0.29, 0.717) is 12.4 Å². The number of tetrazole rings is 1. The van der Waals surface area contributed by atoms with Crippen LogP contribution in [0.1, 0.15) is 5.56 Å². The van der Waals surface area contributed by atoms with Gasteiger partial charge in [0.05, 0.1) is 0 Å². The highest BCUT2D eigenvalue weighted by Gasteiger charge is 2.12. The Bertz CT molecular complexity index is 1180. The molecule has 1 heterocycles. The zero-order valence-corrected chi connectivity index (χ0v) is 14.5. The number of benzene rings is 4. The van der Waals surface area contributed by atoms with Gasteiger partial charge in [0, 0.05) is 11.1 Å². The highest BCUT2D eigenvalue weighted by Crippen LogP contribution is 2.28. The second kappa shape index (κ2) is 6.53. The molecule has 0 N–H and O–H groups in total. The Balaban J connectivity index is 1.57. The fourth-order valence-corrected chi connectivity index (χ4v) is 3.41. The summed E-state index contributed by atoms with van der Waals surface area (Å²) in [5.41, 5.74) is 2.03. The summed E-state index contributed by atoms with van der Waals surface area (Å²) in [4.78, 5) is 7.41. The van der Waals surface area contributed by atoms with Gasteiger partial charge in [0.2, 0.25) is 5.82 Å². The Morgan fingerprint density at radius 3 is 2.07 bits per heavy atom. The molecule has 5 aromatic rings. The van der Waals surface area contributed by atoms with Crippen molar-refractivity contribution in [3.8, 4) is 11.4 Å². The average Bonchev–Trinajstić information content (AvgIpc) is 3.20. The van der Waals surface area contributed by atoms with Crippen LogP contribution in [0.15, 0.2) is 84.9 Å². The molecule has 0 unspecified atom stereocenters. The lowest BCUT2D eigenvalue weighted by Crippen LogP contribution is -2.15. The molecular formula is C22H16N4O. The summed E-state index contributed by atoms with van der Waals surface area (Å²) in [5, 5.41) is 16.6. The van der Waals surface area contributed by atoms with Crippen LogP contribution in [0.2, 0.25) is 0 Å². The summed E-state index contributed by atoms with van der Waals surface area (Å²) in [6.45, 7) is 0.368. The molecule has 0 saturated heterocycles. The highest BCUT2D eigenvalue weighted by molar-refractivity contribution is 6.02. The lowest BCUT2D eigenvalue weighted by atomic mass is 9.97. The number of hydrogen-bond donors (Lipinski definition) is 0. The van der Waals surface area contributed by atoms with Gasteiger partial charge in [-0.1, -0.05) is 83.7 Å². The normalized spacial score (nSPS) is 11.1. The average molecular weight is 352 g/mol. The lowest BCUT2D eigenvalue weighted by molar-refractivity contribution is 0.0708. The third-order valence-corrected chi connectivity index (χ3v) is 4.69. The first-order valence-electron chi connectivity index (χ1n) is 8.76. The van der Waals surface area contributed by atoms with Crippen molar-refractivity contribution in [3.63, 3.8) is 0 Å². The maximum Gasteiger partial charge on any atom is 0.222 e. The molecule has 5 rings (SSSR count). The molecule has 5 nitrogen and oxygen atoms in total. The van der Waals surface area contributed by atoms with E-state index in [9.17, 15) is 0 Å². The van der Waals surface area contributed by atoms with Crippen LogP contribution in [0.3, 0.4) is 0 Å². The maximum absolute atomic E-state index is 6.01. The summed E-state index contributed by atoms with van der Waals surface area (Å²) in [6, 6.07) is 28.7. The van der Waals surface area contributed by atoms with Crippen LogP contribution in [-0.4, -0.2) is 20.4 Å². The Kier molecular flexibility index (Phi) is 3.76. The minimum absolute atomic E-state index is 0.368. The number of fused-ring (bicyclic) bond motifs is 2. The first-order chi connectivity index (χ1) is 13.4. The second-order valence-corrected chi connectivity index (χ2v) is 6.31. The summed E-state index contributed by atoms with van der Waals surface area (Å²) in [6.07, 6.45) is 0. The van der Waals surface area contributed by atoms with E-state index in [4.69, 9.17) is 4.84 Å². The van der Waals surface area contributed by atoms with Crippen LogP contribution < -0.4 is 4.84 Å². The van der Waals surface area contributed by atoms with E-state index in [1.807, 2.05) is 42.5 Å². The van der Waals surface area contributed by atoms with Crippen molar-refractivity contribution >= 4 is 21.5 Å². The molecule has 130 valence electrons. The molecule has 0 bridgehead atoms. The molecule has 0 aliphatic rings. The van der Waals surface area contributed by atoms with Gasteiger partial charge in [-0.05, 0) is 38.0 Å². The first kappa shape index (κ1) is 15.5. The fraction of sp³-hybridized carbons (Fsp3) is 0.0455. The number of aromatic nitrogens is 4. The molecule has 0 atom stereocenters. The molecule has 0 aliphatic heterocycles. The Labute approximate surface area is 155 Å². The number of hydrogen-bond acceptors (Lipinski definition) is 4. The van der Waals surface area contributed by atoms with E-state index < -0.39 is 0 Å². The SMILES string of the molecule is c1ccc(-c2nnnn2OCc2c3ccccc3cc3ccccc23)cc1. The third-order valence-electron chi connectivity index (χ3n) is 4.69. The molecule has 27 heavy (non-hydrogen) atoms. The Morgan fingerprint density at radius 2 is 1.37 bits per heavy atom. The van der Waals surface area contributed by atoms with Crippen LogP contribution >= 0.6 is 0 Å². The minimum Gasteiger partial charge on any atom is -0.389 e. The third kappa shape index (κ3) is 2.79. The van der Waals surface area contributed by atoms with E-state index in [-0.39, 0.29) is 0 Å². The fourth-order valence-electron chi connectivity index (χ4n) is 3.41. The van der Waals surface area contributed by atoms with Crippen LogP contribution in [0, 0.1) is 0 Å². The van der Waals surface area contributed by atoms with Gasteiger partial charge in [-0.25, -0.2) is 0 Å². The summed E-state index contributed by atoms with van der Waals surface area (Å²) in [5.74, 6) is 0.583. The monoisotopic (exact) mass is 352 g/mol. The Hall–Kier alpha value is -3.73. The van der Waals surface area contributed by atoms with Gasteiger partial charge in [0.1, 0.15) is 6.61 Å². The van der Waals surface area contributed by atoms with Gasteiger partial charge in [0.15, 0.2) is 0 Å². The van der Waals surface area contributed by atoms with E-state index >= 15 is 0 Å². The lowest BCUT2D eigenvalue weighted by Gasteiger charge is -2.12. The second-order valence-electron chi connectivity index (χ2n) is 6.31. The molecule has 4 aromatic carbocycles. The maximum atomic E-state index is 6.01. The quantitative estimate of drug-likeness (QED) is 0.453. The number of rotatable bonds is 4. The van der Waals surface area contributed by atoms with Crippen molar-refractivity contribution in [1.29, 1.82) is 0 Å². The van der Waals surface area contributed by atoms with E-state index in [1.165, 1.54) is 26.4 Å². The largest absolute Gasteiger partial charge is 0.389 e. The van der Waals surface area contributed by atoms with Crippen LogP contribution in [0.5, 0.6) is 0 Å². The van der Waals surface area contributed by atoms with Gasteiger partial charge in [-0.3, -0.25) is 0 Å². The standard InChI is InChI=1S/C22H16N4O/c1-2-8-16(9-3-1)22-23-24-25-26(22)27-15-21-19-12-6-4-10-17(19)14-18-11-5-7-13-20(18)21/h1-14H,15H2. The minimum atomic E-state index is 0.368. The zero-order valence-electron chi connectivity index (χ0n) is 14.5. The van der Waals surface area contributed by atoms with Gasteiger partial charge < -0.3 is 4.84 Å². The van der Waals surface area contributed by atoms with Crippen LogP contribution in [0.4, 0.5) is 0 Å². The molecular weight excluding hydrogens is 336 g/mol. The van der Waals surface area contributed by atoms with E-state index in [2.05, 4.69) is 58.0 Å². The predicted molar refractivity (Wildman–Crippen MR) is 105 cm³/mol. The van der Waals surface area contributed by atoms with Gasteiger partial charge in [-0.15, -0.1) is 5.10 Å². The zero-order chi connectivity index (χ0) is 18.1. The van der Waals surface area contributed by atoms with Crippen molar-refractivity contribution < 1.29 is 4.84 Å². The number of nitrogens with zero attached hydrogens (tertiary/aromatic N) is 4. The predicted octanol–water partition coefficient (Wildman–Crippen LogP) is 4.28. The van der Waals surface area contributed by atoms with Gasteiger partial charge >= 0.3 is 0 Å². The van der Waals surface area contributed by atoms with Crippen molar-refractivity contribution in [1.82, 2.24) is 20.4 Å². The van der Waals surface area contributed by atoms with Crippen molar-refractivity contribution in [3.05, 3.63) is 90.5 Å². The molecule has 1 aromatic heterocycles. The smallest absolute Gasteiger partial charge is 0.222 e. The van der Waals surface area contributed by atoms with Crippen molar-refractivity contribution in [2.24, 2.45) is 0 Å². The van der Waals surface area contributed by atoms with Crippen LogP contribution in [0.25, 0.3) is 32.9 Å². The van der Waals surface area contributed by atoms with Gasteiger partial charge in [0.25, 0.3) is 0 Å². The molecule has 5 heteroatoms. The van der Waals surface area contributed by atoms with Crippen molar-refractivity contribution in [2.75, 3.05) is 0 Å². The molecule has 0 fully saturated rings. The van der Waals surface area contributed by atoms with Crippen molar-refractivity contribution in [2.45, 2.75) is 6.61 Å². The summed E-state index contributed by atoms with van der Waals surface area (Å²) < 4.78 is 0. The van der Waals surface area contributed by atoms with E-state index in [1.54, 1.807) is 0 Å². The highest BCUT2D eigenvalue weighted by atomic mass is 16.7. The first-order valence-corrected chi connectivity index (χ1v) is 8.76. The summed E-state index contributed by atoms with van der Waals surface area (Å²) >= 11 is 0. The molecule has 0 aliphatic carbocycles.